The zero-order valence-corrected chi connectivity index (χ0v) is 12.9. The van der Waals surface area contributed by atoms with Crippen LogP contribution in [0.4, 0.5) is 10.5 Å². The lowest BCUT2D eigenvalue weighted by Crippen LogP contribution is -2.54. The number of aromatic nitrogens is 2. The monoisotopic (exact) mass is 316 g/mol. The van der Waals surface area contributed by atoms with Crippen molar-refractivity contribution in [2.45, 2.75) is 18.9 Å². The van der Waals surface area contributed by atoms with Crippen molar-refractivity contribution in [3.05, 3.63) is 12.4 Å². The van der Waals surface area contributed by atoms with Gasteiger partial charge in [0.2, 0.25) is 0 Å². The van der Waals surface area contributed by atoms with E-state index < -0.39 is 16.2 Å². The molecule has 2 amide bonds. The van der Waals surface area contributed by atoms with Crippen molar-refractivity contribution in [2.24, 2.45) is 12.8 Å². The van der Waals surface area contributed by atoms with Gasteiger partial charge in [0.25, 0.3) is 0 Å². The van der Waals surface area contributed by atoms with Crippen molar-refractivity contribution < 1.29 is 13.2 Å². The fourth-order valence-corrected chi connectivity index (χ4v) is 3.86. The van der Waals surface area contributed by atoms with E-state index in [9.17, 15) is 13.2 Å². The number of anilines is 1. The number of likely N-dealkylation sites (N-methyl/N-ethyl adjacent to an activating group) is 1. The number of nitrogens with two attached hydrogens (primary N) is 1. The summed E-state index contributed by atoms with van der Waals surface area (Å²) in [7, 11) is -0.426. The highest BCUT2D eigenvalue weighted by atomic mass is 32.2. The van der Waals surface area contributed by atoms with E-state index in [-0.39, 0.29) is 6.04 Å². The molecule has 2 rings (SSSR count). The Hall–Kier alpha value is -1.81. The molecular formula is C11H20N6O3S. The zero-order chi connectivity index (χ0) is 15.6. The molecule has 0 aliphatic carbocycles. The first kappa shape index (κ1) is 15.6. The van der Waals surface area contributed by atoms with E-state index in [1.807, 2.05) is 11.8 Å². The van der Waals surface area contributed by atoms with E-state index >= 15 is 0 Å². The first-order valence-electron chi connectivity index (χ1n) is 6.58. The molecule has 2 heterocycles. The van der Waals surface area contributed by atoms with Gasteiger partial charge in [-0.3, -0.25) is 4.68 Å². The number of rotatable bonds is 4. The highest BCUT2D eigenvalue weighted by Crippen LogP contribution is 2.24. The summed E-state index contributed by atoms with van der Waals surface area (Å²) in [4.78, 5) is 13.0. The number of carbonyl (C=O) groups excluding carboxylic acids is 1. The average Bonchev–Trinajstić information content (AvgIpc) is 2.73. The molecule has 1 aliphatic heterocycles. The Bertz CT molecular complexity index is 613. The summed E-state index contributed by atoms with van der Waals surface area (Å²) in [6.07, 6.45) is 4.63. The highest BCUT2D eigenvalue weighted by Gasteiger charge is 2.34. The quantitative estimate of drug-likeness (QED) is 0.757. The maximum Gasteiger partial charge on any atom is 0.327 e. The Morgan fingerprint density at radius 3 is 2.76 bits per heavy atom. The van der Waals surface area contributed by atoms with Crippen LogP contribution in [0, 0.1) is 0 Å². The van der Waals surface area contributed by atoms with Crippen molar-refractivity contribution in [1.82, 2.24) is 19.4 Å². The van der Waals surface area contributed by atoms with Gasteiger partial charge in [-0.2, -0.15) is 13.5 Å². The van der Waals surface area contributed by atoms with E-state index in [1.165, 1.54) is 15.2 Å². The van der Waals surface area contributed by atoms with E-state index in [0.717, 1.165) is 13.0 Å². The van der Waals surface area contributed by atoms with Gasteiger partial charge in [-0.05, 0) is 26.4 Å². The second kappa shape index (κ2) is 5.90. The van der Waals surface area contributed by atoms with Crippen LogP contribution in [0.5, 0.6) is 0 Å². The molecule has 118 valence electrons. The second-order valence-electron chi connectivity index (χ2n) is 5.20. The molecule has 9 nitrogen and oxygen atoms in total. The minimum atomic E-state index is -4.06. The molecule has 1 aromatic heterocycles. The van der Waals surface area contributed by atoms with Gasteiger partial charge in [0, 0.05) is 19.8 Å². The van der Waals surface area contributed by atoms with E-state index in [0.29, 0.717) is 18.7 Å². The summed E-state index contributed by atoms with van der Waals surface area (Å²) < 4.78 is 29.4. The van der Waals surface area contributed by atoms with Crippen LogP contribution in [0.1, 0.15) is 12.8 Å². The van der Waals surface area contributed by atoms with Gasteiger partial charge in [-0.15, -0.1) is 0 Å². The maximum absolute atomic E-state index is 12.4. The van der Waals surface area contributed by atoms with Gasteiger partial charge >= 0.3 is 16.2 Å². The number of aryl methyl sites for hydroxylation is 1. The van der Waals surface area contributed by atoms with Crippen LogP contribution in [-0.4, -0.2) is 55.3 Å². The third-order valence-electron chi connectivity index (χ3n) is 3.37. The number of hydrogen-bond donors (Lipinski definition) is 2. The molecule has 0 spiro atoms. The van der Waals surface area contributed by atoms with Crippen molar-refractivity contribution in [2.75, 3.05) is 24.4 Å². The van der Waals surface area contributed by atoms with Crippen molar-refractivity contribution >= 4 is 21.9 Å². The number of hydrogen-bond acceptors (Lipinski definition) is 5. The number of urea groups is 1. The predicted octanol–water partition coefficient (Wildman–Crippen LogP) is -0.766. The summed E-state index contributed by atoms with van der Waals surface area (Å²) in [5.41, 5.74) is 5.38. The third-order valence-corrected chi connectivity index (χ3v) is 4.85. The molecule has 1 aromatic rings. The molecule has 1 aliphatic rings. The van der Waals surface area contributed by atoms with E-state index in [2.05, 4.69) is 10.00 Å². The fraction of sp³-hybridized carbons (Fsp3) is 0.636. The minimum absolute atomic E-state index is 0.273. The smallest absolute Gasteiger partial charge is 0.327 e. The molecule has 1 fully saturated rings. The predicted molar refractivity (Wildman–Crippen MR) is 77.8 cm³/mol. The topological polar surface area (TPSA) is 114 Å². The van der Waals surface area contributed by atoms with Crippen LogP contribution < -0.4 is 14.8 Å². The Balaban J connectivity index is 2.37. The summed E-state index contributed by atoms with van der Waals surface area (Å²) in [5.74, 6) is 0. The first-order valence-corrected chi connectivity index (χ1v) is 8.02. The molecule has 0 bridgehead atoms. The molecule has 0 radical (unpaired) electrons. The Labute approximate surface area is 123 Å². The molecule has 21 heavy (non-hydrogen) atoms. The molecule has 3 N–H and O–H groups in total. The summed E-state index contributed by atoms with van der Waals surface area (Å²) in [6.45, 7) is 1.50. The molecule has 10 heteroatoms. The average molecular weight is 316 g/mol. The number of amides is 2. The van der Waals surface area contributed by atoms with Gasteiger partial charge in [-0.1, -0.05) is 0 Å². The lowest BCUT2D eigenvalue weighted by molar-refractivity contribution is 0.250. The van der Waals surface area contributed by atoms with Crippen LogP contribution in [0.2, 0.25) is 0 Å². The normalized spacial score (nSPS) is 20.2. The fourth-order valence-electron chi connectivity index (χ4n) is 2.57. The lowest BCUT2D eigenvalue weighted by Gasteiger charge is -2.37. The number of nitrogens with one attached hydrogen (secondary N) is 1. The first-order chi connectivity index (χ1) is 9.79. The largest absolute Gasteiger partial charge is 0.351 e. The number of nitrogens with zero attached hydrogens (tertiary/aromatic N) is 4. The minimum Gasteiger partial charge on any atom is -0.351 e. The Morgan fingerprint density at radius 2 is 2.24 bits per heavy atom. The molecular weight excluding hydrogens is 296 g/mol. The van der Waals surface area contributed by atoms with Crippen molar-refractivity contribution in [3.63, 3.8) is 0 Å². The summed E-state index contributed by atoms with van der Waals surface area (Å²) >= 11 is 0. The molecule has 0 saturated carbocycles. The van der Waals surface area contributed by atoms with Gasteiger partial charge in [-0.25, -0.2) is 13.8 Å². The Kier molecular flexibility index (Phi) is 4.37. The van der Waals surface area contributed by atoms with Crippen LogP contribution in [0.15, 0.2) is 12.4 Å². The standard InChI is InChI=1S/C11H20N6O3S/c1-15-5-3-4-9(7-15)17(10-6-13-16(2)8-10)21(19,20)14-11(12)18/h6,8-9H,3-5,7H2,1-2H3,(H3,12,14,18)/t9-/m1/s1. The second-order valence-corrected chi connectivity index (χ2v) is 6.75. The van der Waals surface area contributed by atoms with Gasteiger partial charge in [0.1, 0.15) is 0 Å². The zero-order valence-electron chi connectivity index (χ0n) is 12.1. The lowest BCUT2D eigenvalue weighted by atomic mass is 10.1. The van der Waals surface area contributed by atoms with E-state index in [1.54, 1.807) is 13.2 Å². The van der Waals surface area contributed by atoms with Gasteiger partial charge < -0.3 is 10.6 Å². The molecule has 0 unspecified atom stereocenters. The number of carbonyl (C=O) groups is 1. The molecule has 0 aromatic carbocycles. The number of likely N-dealkylation sites (tertiary alicyclic amines) is 1. The van der Waals surface area contributed by atoms with Crippen LogP contribution in [0.25, 0.3) is 0 Å². The molecule has 1 saturated heterocycles. The molecule has 1 atom stereocenters. The maximum atomic E-state index is 12.4. The van der Waals surface area contributed by atoms with Gasteiger partial charge in [0.05, 0.1) is 17.9 Å². The van der Waals surface area contributed by atoms with Crippen LogP contribution >= 0.6 is 0 Å². The van der Waals surface area contributed by atoms with Crippen LogP contribution in [-0.2, 0) is 17.3 Å². The summed E-state index contributed by atoms with van der Waals surface area (Å²) in [5, 5.41) is 4.00. The Morgan fingerprint density at radius 1 is 1.52 bits per heavy atom. The van der Waals surface area contributed by atoms with Crippen molar-refractivity contribution in [3.8, 4) is 0 Å². The van der Waals surface area contributed by atoms with Gasteiger partial charge in [0.15, 0.2) is 0 Å². The highest BCUT2D eigenvalue weighted by molar-refractivity contribution is 7.91. The summed E-state index contributed by atoms with van der Waals surface area (Å²) in [6, 6.07) is -1.38. The van der Waals surface area contributed by atoms with E-state index in [4.69, 9.17) is 5.73 Å². The SMILES string of the molecule is CN1CCC[C@@H](N(c2cnn(C)c2)S(=O)(=O)NC(N)=O)C1. The number of primary amides is 1. The number of piperidine rings is 1. The van der Waals surface area contributed by atoms with Crippen LogP contribution in [0.3, 0.4) is 0 Å². The van der Waals surface area contributed by atoms with Crippen molar-refractivity contribution in [1.29, 1.82) is 0 Å². The third kappa shape index (κ3) is 3.64.